The second-order valence-electron chi connectivity index (χ2n) is 6.25. The average molecular weight is 253 g/mol. The summed E-state index contributed by atoms with van der Waals surface area (Å²) >= 11 is 0. The Morgan fingerprint density at radius 3 is 2.83 bits per heavy atom. The quantitative estimate of drug-likeness (QED) is 0.783. The van der Waals surface area contributed by atoms with Crippen molar-refractivity contribution in [1.82, 2.24) is 10.2 Å². The molecule has 2 fully saturated rings. The fraction of sp³-hybridized carbons (Fsp3) is 0.929. The van der Waals surface area contributed by atoms with E-state index in [9.17, 15) is 4.79 Å². The highest BCUT2D eigenvalue weighted by Crippen LogP contribution is 2.28. The Hall–Kier alpha value is -0.610. The topological polar surface area (TPSA) is 58.4 Å². The molecule has 4 unspecified atom stereocenters. The summed E-state index contributed by atoms with van der Waals surface area (Å²) in [6, 6.07) is 0.0463. The number of nitrogens with two attached hydrogens (primary N) is 1. The Bertz CT molecular complexity index is 295. The molecule has 1 heterocycles. The molecule has 4 heteroatoms. The van der Waals surface area contributed by atoms with Gasteiger partial charge in [0.15, 0.2) is 0 Å². The molecule has 1 aliphatic carbocycles. The van der Waals surface area contributed by atoms with E-state index in [-0.39, 0.29) is 17.9 Å². The minimum atomic E-state index is 0.0351. The molecule has 1 amide bonds. The van der Waals surface area contributed by atoms with Gasteiger partial charge in [0.2, 0.25) is 5.91 Å². The molecule has 0 spiro atoms. The van der Waals surface area contributed by atoms with E-state index in [0.717, 1.165) is 32.5 Å². The summed E-state index contributed by atoms with van der Waals surface area (Å²) in [5, 5.41) is 3.12. The lowest BCUT2D eigenvalue weighted by molar-refractivity contribution is -0.127. The van der Waals surface area contributed by atoms with Gasteiger partial charge in [-0.05, 0) is 44.7 Å². The van der Waals surface area contributed by atoms with Gasteiger partial charge >= 0.3 is 0 Å². The third kappa shape index (κ3) is 3.23. The summed E-state index contributed by atoms with van der Waals surface area (Å²) in [5.41, 5.74) is 6.16. The molecule has 2 aliphatic rings. The molecule has 104 valence electrons. The molecule has 0 aromatic heterocycles. The van der Waals surface area contributed by atoms with E-state index in [2.05, 4.69) is 24.2 Å². The first-order valence-corrected chi connectivity index (χ1v) is 7.29. The molecule has 1 aliphatic heterocycles. The molecule has 4 atom stereocenters. The van der Waals surface area contributed by atoms with Gasteiger partial charge in [0.1, 0.15) is 0 Å². The first kappa shape index (κ1) is 13.8. The number of carbonyl (C=O) groups excluding carboxylic acids is 1. The SMILES string of the molecule is CC1CCCC(C(=O)NCC2CCN(C)C2)C1N. The van der Waals surface area contributed by atoms with Gasteiger partial charge in [-0.25, -0.2) is 0 Å². The average Bonchev–Trinajstić information content (AvgIpc) is 2.76. The van der Waals surface area contributed by atoms with E-state index >= 15 is 0 Å². The van der Waals surface area contributed by atoms with E-state index in [1.54, 1.807) is 0 Å². The van der Waals surface area contributed by atoms with Gasteiger partial charge in [-0.3, -0.25) is 4.79 Å². The molecule has 18 heavy (non-hydrogen) atoms. The summed E-state index contributed by atoms with van der Waals surface area (Å²) < 4.78 is 0. The standard InChI is InChI=1S/C14H27N3O/c1-10-4-3-5-12(13(10)15)14(18)16-8-11-6-7-17(2)9-11/h10-13H,3-9,15H2,1-2H3,(H,16,18). The van der Waals surface area contributed by atoms with Crippen molar-refractivity contribution < 1.29 is 4.79 Å². The molecule has 0 bridgehead atoms. The maximum atomic E-state index is 12.2. The smallest absolute Gasteiger partial charge is 0.224 e. The van der Waals surface area contributed by atoms with E-state index in [1.807, 2.05) is 0 Å². The summed E-state index contributed by atoms with van der Waals surface area (Å²) in [4.78, 5) is 14.5. The fourth-order valence-corrected chi connectivity index (χ4v) is 3.32. The van der Waals surface area contributed by atoms with Crippen LogP contribution in [0, 0.1) is 17.8 Å². The van der Waals surface area contributed by atoms with Crippen LogP contribution in [0.15, 0.2) is 0 Å². The Morgan fingerprint density at radius 1 is 1.39 bits per heavy atom. The van der Waals surface area contributed by atoms with E-state index < -0.39 is 0 Å². The Morgan fingerprint density at radius 2 is 2.17 bits per heavy atom. The number of amides is 1. The van der Waals surface area contributed by atoms with Crippen molar-refractivity contribution in [1.29, 1.82) is 0 Å². The second-order valence-corrected chi connectivity index (χ2v) is 6.25. The van der Waals surface area contributed by atoms with Crippen LogP contribution in [0.25, 0.3) is 0 Å². The first-order valence-electron chi connectivity index (χ1n) is 7.29. The van der Waals surface area contributed by atoms with Crippen LogP contribution >= 0.6 is 0 Å². The van der Waals surface area contributed by atoms with Gasteiger partial charge in [0.05, 0.1) is 5.92 Å². The van der Waals surface area contributed by atoms with Gasteiger partial charge in [0.25, 0.3) is 0 Å². The highest BCUT2D eigenvalue weighted by atomic mass is 16.1. The number of hydrogen-bond acceptors (Lipinski definition) is 3. The number of hydrogen-bond donors (Lipinski definition) is 2. The summed E-state index contributed by atoms with van der Waals surface area (Å²) in [6.07, 6.45) is 4.46. The highest BCUT2D eigenvalue weighted by molar-refractivity contribution is 5.79. The van der Waals surface area contributed by atoms with Crippen LogP contribution in [0.5, 0.6) is 0 Å². The zero-order valence-electron chi connectivity index (χ0n) is 11.7. The Labute approximate surface area is 110 Å². The van der Waals surface area contributed by atoms with Crippen LogP contribution in [0.3, 0.4) is 0 Å². The number of likely N-dealkylation sites (tertiary alicyclic amines) is 1. The number of nitrogens with one attached hydrogen (secondary N) is 1. The molecule has 0 radical (unpaired) electrons. The Balaban J connectivity index is 1.77. The second kappa shape index (κ2) is 6.02. The summed E-state index contributed by atoms with van der Waals surface area (Å²) in [5.74, 6) is 1.32. The van der Waals surface area contributed by atoms with Crippen LogP contribution in [-0.4, -0.2) is 43.5 Å². The number of nitrogens with zero attached hydrogens (tertiary/aromatic N) is 1. The zero-order chi connectivity index (χ0) is 13.1. The first-order chi connectivity index (χ1) is 8.58. The monoisotopic (exact) mass is 253 g/mol. The third-order valence-electron chi connectivity index (χ3n) is 4.69. The van der Waals surface area contributed by atoms with E-state index in [4.69, 9.17) is 5.73 Å². The number of carbonyl (C=O) groups is 1. The van der Waals surface area contributed by atoms with Gasteiger partial charge in [0, 0.05) is 19.1 Å². The summed E-state index contributed by atoms with van der Waals surface area (Å²) in [6.45, 7) is 5.24. The minimum Gasteiger partial charge on any atom is -0.355 e. The van der Waals surface area contributed by atoms with Gasteiger partial charge in [-0.1, -0.05) is 13.3 Å². The fourth-order valence-electron chi connectivity index (χ4n) is 3.32. The lowest BCUT2D eigenvalue weighted by Crippen LogP contribution is -2.48. The maximum absolute atomic E-state index is 12.2. The minimum absolute atomic E-state index is 0.0351. The molecule has 1 saturated carbocycles. The van der Waals surface area contributed by atoms with Crippen molar-refractivity contribution in [3.05, 3.63) is 0 Å². The van der Waals surface area contributed by atoms with Crippen molar-refractivity contribution in [3.8, 4) is 0 Å². The van der Waals surface area contributed by atoms with E-state index in [1.165, 1.54) is 12.8 Å². The van der Waals surface area contributed by atoms with Crippen molar-refractivity contribution in [2.45, 2.75) is 38.6 Å². The van der Waals surface area contributed by atoms with Crippen LogP contribution in [0.2, 0.25) is 0 Å². The van der Waals surface area contributed by atoms with Crippen molar-refractivity contribution in [2.75, 3.05) is 26.7 Å². The Kier molecular flexibility index (Phi) is 4.62. The van der Waals surface area contributed by atoms with Crippen LogP contribution < -0.4 is 11.1 Å². The predicted molar refractivity (Wildman–Crippen MR) is 73.1 cm³/mol. The van der Waals surface area contributed by atoms with E-state index in [0.29, 0.717) is 11.8 Å². The van der Waals surface area contributed by atoms with Crippen molar-refractivity contribution in [2.24, 2.45) is 23.5 Å². The van der Waals surface area contributed by atoms with Crippen molar-refractivity contribution >= 4 is 5.91 Å². The maximum Gasteiger partial charge on any atom is 0.224 e. The lowest BCUT2D eigenvalue weighted by atomic mass is 9.78. The van der Waals surface area contributed by atoms with Crippen LogP contribution in [0.1, 0.15) is 32.6 Å². The zero-order valence-corrected chi connectivity index (χ0v) is 11.7. The molecule has 0 aromatic carbocycles. The van der Waals surface area contributed by atoms with Gasteiger partial charge in [-0.15, -0.1) is 0 Å². The summed E-state index contributed by atoms with van der Waals surface area (Å²) in [7, 11) is 2.14. The van der Waals surface area contributed by atoms with Gasteiger partial charge in [-0.2, -0.15) is 0 Å². The molecule has 1 saturated heterocycles. The largest absolute Gasteiger partial charge is 0.355 e. The molecule has 0 aromatic rings. The predicted octanol–water partition coefficient (Wildman–Crippen LogP) is 0.818. The molecular formula is C14H27N3O. The van der Waals surface area contributed by atoms with Crippen LogP contribution in [0.4, 0.5) is 0 Å². The third-order valence-corrected chi connectivity index (χ3v) is 4.69. The lowest BCUT2D eigenvalue weighted by Gasteiger charge is -2.33. The molecular weight excluding hydrogens is 226 g/mol. The molecule has 3 N–H and O–H groups in total. The molecule has 4 nitrogen and oxygen atoms in total. The number of rotatable bonds is 3. The highest BCUT2D eigenvalue weighted by Gasteiger charge is 2.33. The van der Waals surface area contributed by atoms with Crippen molar-refractivity contribution in [3.63, 3.8) is 0 Å². The van der Waals surface area contributed by atoms with Crippen LogP contribution in [-0.2, 0) is 4.79 Å². The normalized spacial score (nSPS) is 37.7. The molecule has 2 rings (SSSR count). The van der Waals surface area contributed by atoms with Gasteiger partial charge < -0.3 is 16.0 Å².